The van der Waals surface area contributed by atoms with Crippen LogP contribution in [0.2, 0.25) is 0 Å². The van der Waals surface area contributed by atoms with Crippen molar-refractivity contribution in [2.24, 2.45) is 5.92 Å². The zero-order chi connectivity index (χ0) is 15.5. The van der Waals surface area contributed by atoms with Gasteiger partial charge < -0.3 is 5.11 Å². The van der Waals surface area contributed by atoms with Gasteiger partial charge in [0.25, 0.3) is 0 Å². The van der Waals surface area contributed by atoms with Crippen molar-refractivity contribution in [3.05, 3.63) is 28.2 Å². The van der Waals surface area contributed by atoms with Crippen molar-refractivity contribution in [2.75, 3.05) is 0 Å². The Morgan fingerprint density at radius 1 is 1.40 bits per heavy atom. The van der Waals surface area contributed by atoms with Crippen LogP contribution in [0.15, 0.2) is 27.6 Å². The van der Waals surface area contributed by atoms with Crippen LogP contribution in [-0.4, -0.2) is 25.5 Å². The normalized spacial score (nSPS) is 13.4. The molecule has 0 saturated heterocycles. The number of sulfonamides is 1. The molecule has 0 aliphatic carbocycles. The molecule has 0 radical (unpaired) electrons. The van der Waals surface area contributed by atoms with E-state index in [1.54, 1.807) is 19.1 Å². The number of benzene rings is 1. The molecular weight excluding hydrogens is 346 g/mol. The summed E-state index contributed by atoms with van der Waals surface area (Å²) in [5, 5.41) is 9.12. The average Bonchev–Trinajstić information content (AvgIpc) is 2.30. The number of aryl methyl sites for hydroxylation is 1. The lowest BCUT2D eigenvalue weighted by Crippen LogP contribution is -2.41. The Hall–Kier alpha value is -0.920. The number of carbonyl (C=O) groups is 1. The largest absolute Gasteiger partial charge is 0.480 e. The molecule has 20 heavy (non-hydrogen) atoms. The van der Waals surface area contributed by atoms with E-state index in [1.165, 1.54) is 6.07 Å². The van der Waals surface area contributed by atoms with Gasteiger partial charge in [0.2, 0.25) is 10.0 Å². The Kier molecular flexibility index (Phi) is 5.73. The van der Waals surface area contributed by atoms with Crippen molar-refractivity contribution in [3.63, 3.8) is 0 Å². The molecule has 5 nitrogen and oxygen atoms in total. The van der Waals surface area contributed by atoms with Crippen LogP contribution in [0, 0.1) is 12.8 Å². The number of nitrogens with one attached hydrogen (secondary N) is 1. The van der Waals surface area contributed by atoms with E-state index in [1.807, 2.05) is 13.8 Å². The molecule has 0 fully saturated rings. The van der Waals surface area contributed by atoms with Gasteiger partial charge in [-0.1, -0.05) is 35.8 Å². The van der Waals surface area contributed by atoms with E-state index in [0.717, 1.165) is 0 Å². The van der Waals surface area contributed by atoms with Gasteiger partial charge in [0.1, 0.15) is 6.04 Å². The third-order valence-corrected chi connectivity index (χ3v) is 4.85. The Morgan fingerprint density at radius 3 is 2.50 bits per heavy atom. The number of carboxylic acids is 1. The SMILES string of the molecule is Cc1ccc(Br)cc1S(=O)(=O)NC(CC(C)C)C(=O)O. The van der Waals surface area contributed by atoms with Crippen LogP contribution in [0.1, 0.15) is 25.8 Å². The quantitative estimate of drug-likeness (QED) is 0.813. The molecule has 0 aliphatic rings. The highest BCUT2D eigenvalue weighted by molar-refractivity contribution is 9.10. The summed E-state index contributed by atoms with van der Waals surface area (Å²) in [7, 11) is -3.86. The summed E-state index contributed by atoms with van der Waals surface area (Å²) in [6.07, 6.45) is 0.238. The molecule has 1 aromatic carbocycles. The summed E-state index contributed by atoms with van der Waals surface area (Å²) >= 11 is 3.22. The lowest BCUT2D eigenvalue weighted by molar-refractivity contribution is -0.139. The number of rotatable bonds is 6. The van der Waals surface area contributed by atoms with Crippen molar-refractivity contribution in [1.29, 1.82) is 0 Å². The van der Waals surface area contributed by atoms with Crippen molar-refractivity contribution in [1.82, 2.24) is 4.72 Å². The third kappa shape index (κ3) is 4.57. The second kappa shape index (κ2) is 6.69. The molecule has 0 saturated carbocycles. The van der Waals surface area contributed by atoms with E-state index in [2.05, 4.69) is 20.7 Å². The van der Waals surface area contributed by atoms with Crippen molar-refractivity contribution in [3.8, 4) is 0 Å². The van der Waals surface area contributed by atoms with Gasteiger partial charge >= 0.3 is 5.97 Å². The van der Waals surface area contributed by atoms with Gasteiger partial charge in [-0.05, 0) is 37.0 Å². The minimum absolute atomic E-state index is 0.0717. The average molecular weight is 364 g/mol. The first-order valence-electron chi connectivity index (χ1n) is 6.14. The molecule has 0 heterocycles. The van der Waals surface area contributed by atoms with Gasteiger partial charge in [-0.15, -0.1) is 0 Å². The maximum Gasteiger partial charge on any atom is 0.321 e. The predicted molar refractivity (Wildman–Crippen MR) is 80.1 cm³/mol. The van der Waals surface area contributed by atoms with E-state index in [9.17, 15) is 13.2 Å². The lowest BCUT2D eigenvalue weighted by Gasteiger charge is -2.17. The van der Waals surface area contributed by atoms with E-state index < -0.39 is 22.0 Å². The minimum atomic E-state index is -3.86. The number of halogens is 1. The Labute approximate surface area is 127 Å². The van der Waals surface area contributed by atoms with Gasteiger partial charge in [0.05, 0.1) is 4.90 Å². The molecule has 7 heteroatoms. The summed E-state index contributed by atoms with van der Waals surface area (Å²) in [4.78, 5) is 11.2. The monoisotopic (exact) mass is 363 g/mol. The van der Waals surface area contributed by atoms with Crippen LogP contribution in [0.4, 0.5) is 0 Å². The van der Waals surface area contributed by atoms with Crippen LogP contribution in [0.5, 0.6) is 0 Å². The zero-order valence-electron chi connectivity index (χ0n) is 11.6. The first-order valence-corrected chi connectivity index (χ1v) is 8.42. The molecule has 0 aromatic heterocycles. The summed E-state index contributed by atoms with van der Waals surface area (Å²) in [6, 6.07) is 3.73. The van der Waals surface area contributed by atoms with E-state index in [-0.39, 0.29) is 17.2 Å². The van der Waals surface area contributed by atoms with Gasteiger partial charge in [0, 0.05) is 4.47 Å². The number of hydrogen-bond acceptors (Lipinski definition) is 3. The summed E-state index contributed by atoms with van der Waals surface area (Å²) in [6.45, 7) is 5.35. The predicted octanol–water partition coefficient (Wildman–Crippen LogP) is 2.54. The van der Waals surface area contributed by atoms with Crippen LogP contribution < -0.4 is 4.72 Å². The Balaban J connectivity index is 3.09. The molecule has 2 N–H and O–H groups in total. The standard InChI is InChI=1S/C13H18BrNO4S/c1-8(2)6-11(13(16)17)15-20(18,19)12-7-10(14)5-4-9(12)3/h4-5,7-8,11,15H,6H2,1-3H3,(H,16,17). The van der Waals surface area contributed by atoms with Gasteiger partial charge in [-0.2, -0.15) is 4.72 Å². The van der Waals surface area contributed by atoms with Crippen molar-refractivity contribution in [2.45, 2.75) is 38.1 Å². The maximum atomic E-state index is 12.3. The molecule has 1 unspecified atom stereocenters. The molecule has 0 spiro atoms. The Morgan fingerprint density at radius 2 is 2.00 bits per heavy atom. The van der Waals surface area contributed by atoms with Crippen LogP contribution in [0.25, 0.3) is 0 Å². The number of carboxylic acid groups (broad SMARTS) is 1. The van der Waals surface area contributed by atoms with Gasteiger partial charge in [-0.25, -0.2) is 8.42 Å². The van der Waals surface area contributed by atoms with Gasteiger partial charge in [-0.3, -0.25) is 4.79 Å². The highest BCUT2D eigenvalue weighted by Gasteiger charge is 2.27. The first-order chi connectivity index (χ1) is 9.13. The second-order valence-electron chi connectivity index (χ2n) is 5.05. The highest BCUT2D eigenvalue weighted by atomic mass is 79.9. The van der Waals surface area contributed by atoms with Gasteiger partial charge in [0.15, 0.2) is 0 Å². The molecule has 0 bridgehead atoms. The fourth-order valence-corrected chi connectivity index (χ4v) is 3.77. The summed E-state index contributed by atoms with van der Waals surface area (Å²) < 4.78 is 27.5. The van der Waals surface area contributed by atoms with E-state index >= 15 is 0 Å². The second-order valence-corrected chi connectivity index (χ2v) is 7.65. The van der Waals surface area contributed by atoms with Crippen LogP contribution >= 0.6 is 15.9 Å². The zero-order valence-corrected chi connectivity index (χ0v) is 14.0. The molecular formula is C13H18BrNO4S. The molecule has 1 atom stereocenters. The fraction of sp³-hybridized carbons (Fsp3) is 0.462. The van der Waals surface area contributed by atoms with Crippen molar-refractivity contribution < 1.29 is 18.3 Å². The fourth-order valence-electron chi connectivity index (χ4n) is 1.78. The topological polar surface area (TPSA) is 83.5 Å². The van der Waals surface area contributed by atoms with Crippen molar-refractivity contribution >= 4 is 31.9 Å². The smallest absolute Gasteiger partial charge is 0.321 e. The summed E-state index contributed by atoms with van der Waals surface area (Å²) in [5.41, 5.74) is 0.564. The number of hydrogen-bond donors (Lipinski definition) is 2. The van der Waals surface area contributed by atoms with Crippen LogP contribution in [0.3, 0.4) is 0 Å². The first kappa shape index (κ1) is 17.1. The minimum Gasteiger partial charge on any atom is -0.480 e. The molecule has 1 aromatic rings. The molecule has 0 aliphatic heterocycles. The third-order valence-electron chi connectivity index (χ3n) is 2.74. The van der Waals surface area contributed by atoms with E-state index in [4.69, 9.17) is 5.11 Å². The lowest BCUT2D eigenvalue weighted by atomic mass is 10.1. The Bertz CT molecular complexity index is 598. The maximum absolute atomic E-state index is 12.3. The molecule has 0 amide bonds. The van der Waals surface area contributed by atoms with E-state index in [0.29, 0.717) is 10.0 Å². The van der Waals surface area contributed by atoms with Crippen LogP contribution in [-0.2, 0) is 14.8 Å². The molecule has 1 rings (SSSR count). The molecule has 112 valence electrons. The number of aliphatic carboxylic acids is 1. The highest BCUT2D eigenvalue weighted by Crippen LogP contribution is 2.21. The summed E-state index contributed by atoms with van der Waals surface area (Å²) in [5.74, 6) is -1.10.